The van der Waals surface area contributed by atoms with E-state index in [2.05, 4.69) is 22.6 Å². The van der Waals surface area contributed by atoms with E-state index in [0.717, 1.165) is 0 Å². The Labute approximate surface area is 153 Å². The molecule has 0 fully saturated rings. The minimum Gasteiger partial charge on any atom is -0.478 e. The Bertz CT molecular complexity index is 471. The maximum absolute atomic E-state index is 10.7. The first-order valence-electron chi connectivity index (χ1n) is 7.90. The number of hydrogen-bond donors (Lipinski definition) is 2. The first-order chi connectivity index (χ1) is 12.1. The molecule has 0 radical (unpaired) electrons. The van der Waals surface area contributed by atoms with Crippen molar-refractivity contribution in [1.29, 1.82) is 0 Å². The van der Waals surface area contributed by atoms with Gasteiger partial charge in [0, 0.05) is 23.3 Å². The lowest BCUT2D eigenvalue weighted by Crippen LogP contribution is -2.05. The molecule has 0 aromatic rings. The molecule has 0 unspecified atom stereocenters. The number of carbonyl (C=O) groups excluding carboxylic acids is 2. The Morgan fingerprint density at radius 1 is 0.731 bits per heavy atom. The predicted molar refractivity (Wildman–Crippen MR) is 96.5 cm³/mol. The number of hydrogen-bond acceptors (Lipinski definition) is 6. The van der Waals surface area contributed by atoms with Crippen molar-refractivity contribution in [3.8, 4) is 0 Å². The molecule has 8 heteroatoms. The Morgan fingerprint density at radius 3 is 1.15 bits per heavy atom. The third kappa shape index (κ3) is 21.1. The number of carboxylic acids is 2. The minimum atomic E-state index is -1.26. The monoisotopic (exact) mass is 372 g/mol. The van der Waals surface area contributed by atoms with Crippen molar-refractivity contribution < 1.29 is 38.9 Å². The first kappa shape index (κ1) is 27.9. The molecule has 0 saturated carbocycles. The summed E-state index contributed by atoms with van der Waals surface area (Å²) in [7, 11) is 0. The van der Waals surface area contributed by atoms with Crippen LogP contribution in [-0.4, -0.2) is 47.3 Å². The highest BCUT2D eigenvalue weighted by Crippen LogP contribution is 1.98. The third-order valence-corrected chi connectivity index (χ3v) is 2.35. The highest BCUT2D eigenvalue weighted by atomic mass is 16.5. The quantitative estimate of drug-likeness (QED) is 0.492. The Hall–Kier alpha value is -2.90. The van der Waals surface area contributed by atoms with Crippen LogP contribution >= 0.6 is 0 Å². The van der Waals surface area contributed by atoms with Crippen LogP contribution in [0.5, 0.6) is 0 Å². The number of esters is 2. The number of carboxylic acid groups (broad SMARTS) is 2. The molecule has 0 aliphatic carbocycles. The van der Waals surface area contributed by atoms with Gasteiger partial charge in [0.1, 0.15) is 0 Å². The molecule has 148 valence electrons. The van der Waals surface area contributed by atoms with E-state index in [1.807, 2.05) is 13.8 Å². The van der Waals surface area contributed by atoms with Gasteiger partial charge < -0.3 is 19.7 Å². The second kappa shape index (κ2) is 18.4. The van der Waals surface area contributed by atoms with Crippen molar-refractivity contribution in [1.82, 2.24) is 0 Å². The fourth-order valence-electron chi connectivity index (χ4n) is 0.898. The summed E-state index contributed by atoms with van der Waals surface area (Å²) in [4.78, 5) is 40.4. The predicted octanol–water partition coefficient (Wildman–Crippen LogP) is 2.74. The van der Waals surface area contributed by atoms with Crippen LogP contribution in [-0.2, 0) is 28.7 Å². The van der Waals surface area contributed by atoms with Crippen LogP contribution in [0.3, 0.4) is 0 Å². The van der Waals surface area contributed by atoms with Crippen molar-refractivity contribution in [3.63, 3.8) is 0 Å². The Balaban J connectivity index is -0.000000306. The molecule has 0 aromatic heterocycles. The van der Waals surface area contributed by atoms with E-state index in [4.69, 9.17) is 10.2 Å². The van der Waals surface area contributed by atoms with Gasteiger partial charge in [-0.05, 0) is 26.7 Å². The van der Waals surface area contributed by atoms with E-state index in [1.54, 1.807) is 13.8 Å². The van der Waals surface area contributed by atoms with Gasteiger partial charge in [-0.2, -0.15) is 0 Å². The van der Waals surface area contributed by atoms with Crippen molar-refractivity contribution >= 4 is 23.9 Å². The van der Waals surface area contributed by atoms with Gasteiger partial charge in [-0.3, -0.25) is 0 Å². The Morgan fingerprint density at radius 2 is 1.00 bits per heavy atom. The molecule has 0 amide bonds. The van der Waals surface area contributed by atoms with Crippen molar-refractivity contribution in [2.75, 3.05) is 13.2 Å². The average molecular weight is 372 g/mol. The van der Waals surface area contributed by atoms with Crippen LogP contribution in [0.1, 0.15) is 40.5 Å². The summed E-state index contributed by atoms with van der Waals surface area (Å²) < 4.78 is 9.31. The normalized spacial score (nSPS) is 8.92. The van der Waals surface area contributed by atoms with Crippen LogP contribution in [0, 0.1) is 0 Å². The van der Waals surface area contributed by atoms with E-state index >= 15 is 0 Å². The largest absolute Gasteiger partial charge is 0.478 e. The van der Waals surface area contributed by atoms with Crippen LogP contribution in [0.25, 0.3) is 0 Å². The van der Waals surface area contributed by atoms with E-state index in [0.29, 0.717) is 49.4 Å². The second-order valence-corrected chi connectivity index (χ2v) is 4.36. The summed E-state index contributed by atoms with van der Waals surface area (Å²) in [5.41, 5.74) is 1.08. The SMILES string of the molecule is C=C(CC)C(=O)OCC.C=C(CC)C(=O)OCC.O=C(O)/C=C\C(=O)O. The summed E-state index contributed by atoms with van der Waals surface area (Å²) in [6.07, 6.45) is 2.45. The lowest BCUT2D eigenvalue weighted by molar-refractivity contribution is -0.139. The second-order valence-electron chi connectivity index (χ2n) is 4.36. The van der Waals surface area contributed by atoms with Gasteiger partial charge in [-0.25, -0.2) is 19.2 Å². The van der Waals surface area contributed by atoms with Crippen molar-refractivity contribution in [3.05, 3.63) is 36.5 Å². The van der Waals surface area contributed by atoms with E-state index in [-0.39, 0.29) is 11.9 Å². The molecule has 8 nitrogen and oxygen atoms in total. The molecule has 0 atom stereocenters. The van der Waals surface area contributed by atoms with Crippen LogP contribution < -0.4 is 0 Å². The zero-order valence-electron chi connectivity index (χ0n) is 15.7. The average Bonchev–Trinajstić information content (AvgIpc) is 2.60. The molecule has 0 aromatic carbocycles. The molecule has 0 saturated heterocycles. The van der Waals surface area contributed by atoms with Crippen molar-refractivity contribution in [2.24, 2.45) is 0 Å². The summed E-state index contributed by atoms with van der Waals surface area (Å²) in [5.74, 6) is -3.07. The van der Waals surface area contributed by atoms with E-state index < -0.39 is 11.9 Å². The van der Waals surface area contributed by atoms with Crippen LogP contribution in [0.2, 0.25) is 0 Å². The molecule has 0 aliphatic rings. The highest BCUT2D eigenvalue weighted by Gasteiger charge is 2.03. The van der Waals surface area contributed by atoms with Gasteiger partial charge in [0.15, 0.2) is 0 Å². The lowest BCUT2D eigenvalue weighted by Gasteiger charge is -1.99. The summed E-state index contributed by atoms with van der Waals surface area (Å²) in [5, 5.41) is 15.6. The fraction of sp³-hybridized carbons (Fsp3) is 0.444. The molecule has 0 rings (SSSR count). The molecule has 0 spiro atoms. The number of carbonyl (C=O) groups is 4. The summed E-state index contributed by atoms with van der Waals surface area (Å²) in [6.45, 7) is 15.2. The van der Waals surface area contributed by atoms with Crippen molar-refractivity contribution in [2.45, 2.75) is 40.5 Å². The zero-order chi connectivity index (χ0) is 21.1. The molecular weight excluding hydrogens is 344 g/mol. The lowest BCUT2D eigenvalue weighted by atomic mass is 10.2. The maximum atomic E-state index is 10.7. The molecule has 0 aliphatic heterocycles. The summed E-state index contributed by atoms with van der Waals surface area (Å²) >= 11 is 0. The summed E-state index contributed by atoms with van der Waals surface area (Å²) in [6, 6.07) is 0. The maximum Gasteiger partial charge on any atom is 0.333 e. The van der Waals surface area contributed by atoms with Gasteiger partial charge in [0.25, 0.3) is 0 Å². The zero-order valence-corrected chi connectivity index (χ0v) is 15.7. The van der Waals surface area contributed by atoms with E-state index in [1.165, 1.54) is 0 Å². The topological polar surface area (TPSA) is 127 Å². The fourth-order valence-corrected chi connectivity index (χ4v) is 0.898. The van der Waals surface area contributed by atoms with Gasteiger partial charge in [-0.1, -0.05) is 27.0 Å². The number of aliphatic carboxylic acids is 2. The molecule has 26 heavy (non-hydrogen) atoms. The van der Waals surface area contributed by atoms with Gasteiger partial charge in [0.2, 0.25) is 0 Å². The van der Waals surface area contributed by atoms with Gasteiger partial charge >= 0.3 is 23.9 Å². The Kier molecular flexibility index (Phi) is 19.8. The van der Waals surface area contributed by atoms with Crippen LogP contribution in [0.4, 0.5) is 0 Å². The van der Waals surface area contributed by atoms with Gasteiger partial charge in [-0.15, -0.1) is 0 Å². The number of ether oxygens (including phenoxy) is 2. The standard InChI is InChI=1S/2C7H12O2.C4H4O4/c2*1-4-6(3)7(8)9-5-2;5-3(6)1-2-4(7)8/h2*3-5H2,1-2H3;1-2H,(H,5,6)(H,7,8)/b;;2-1-. The molecular formula is C18H28O8. The third-order valence-electron chi connectivity index (χ3n) is 2.35. The number of rotatable bonds is 8. The highest BCUT2D eigenvalue weighted by molar-refractivity contribution is 5.89. The molecule has 0 bridgehead atoms. The van der Waals surface area contributed by atoms with Crippen LogP contribution in [0.15, 0.2) is 36.5 Å². The molecule has 0 heterocycles. The molecule has 2 N–H and O–H groups in total. The van der Waals surface area contributed by atoms with E-state index in [9.17, 15) is 19.2 Å². The smallest absolute Gasteiger partial charge is 0.333 e. The minimum absolute atomic E-state index is 0.278. The first-order valence-corrected chi connectivity index (χ1v) is 7.90. The van der Waals surface area contributed by atoms with Gasteiger partial charge in [0.05, 0.1) is 13.2 Å².